The van der Waals surface area contributed by atoms with E-state index in [1.807, 2.05) is 25.3 Å². The van der Waals surface area contributed by atoms with E-state index in [2.05, 4.69) is 16.5 Å². The van der Waals surface area contributed by atoms with Crippen molar-refractivity contribution in [2.45, 2.75) is 62.4 Å². The molecule has 2 aromatic rings. The van der Waals surface area contributed by atoms with Crippen LogP contribution in [0.4, 0.5) is 5.82 Å². The first-order valence-electron chi connectivity index (χ1n) is 14.9. The Balaban J connectivity index is 1.49. The molecule has 1 amide bonds. The number of benzene rings is 1. The molecule has 222 valence electrons. The zero-order chi connectivity index (χ0) is 28.9. The minimum atomic E-state index is -0.106. The molecule has 41 heavy (non-hydrogen) atoms. The summed E-state index contributed by atoms with van der Waals surface area (Å²) in [7, 11) is 1.82. The van der Waals surface area contributed by atoms with Crippen molar-refractivity contribution in [3.8, 4) is 5.75 Å². The third-order valence-corrected chi connectivity index (χ3v) is 9.28. The molecule has 5 rings (SSSR count). The Morgan fingerprint density at radius 3 is 2.54 bits per heavy atom. The highest BCUT2D eigenvalue weighted by atomic mass is 16.5. The van der Waals surface area contributed by atoms with Crippen molar-refractivity contribution in [2.24, 2.45) is 5.73 Å². The lowest BCUT2D eigenvalue weighted by atomic mass is 9.77. The van der Waals surface area contributed by atoms with Gasteiger partial charge in [0.25, 0.3) is 0 Å². The summed E-state index contributed by atoms with van der Waals surface area (Å²) < 4.78 is 11.6. The van der Waals surface area contributed by atoms with Gasteiger partial charge in [0.15, 0.2) is 0 Å². The van der Waals surface area contributed by atoms with E-state index in [4.69, 9.17) is 20.9 Å². The standard InChI is InChI=1S/C32H45N5O4/c1-3-29(39)36(2)24-18-22(12-15-41-20-24)31-30(21-8-10-23(11-9-21)37-13-16-40-17-14-37)26(32(34)35-31)19-27(33)25-6-4-5-7-28(25)38/h3-7,19,21-24,35,38H,1,8-18,20,33-34H2,2H3/b27-19-. The summed E-state index contributed by atoms with van der Waals surface area (Å²) in [6.07, 6.45) is 9.25. The highest BCUT2D eigenvalue weighted by Gasteiger charge is 2.35. The van der Waals surface area contributed by atoms with E-state index in [0.29, 0.717) is 42.3 Å². The van der Waals surface area contributed by atoms with Gasteiger partial charge >= 0.3 is 0 Å². The Bertz CT molecular complexity index is 1240. The van der Waals surface area contributed by atoms with Gasteiger partial charge in [0, 0.05) is 61.2 Å². The number of H-pyrrole nitrogens is 1. The van der Waals surface area contributed by atoms with Crippen molar-refractivity contribution in [2.75, 3.05) is 52.3 Å². The number of ether oxygens (including phenoxy) is 2. The maximum absolute atomic E-state index is 12.5. The predicted molar refractivity (Wildman–Crippen MR) is 162 cm³/mol. The van der Waals surface area contributed by atoms with Gasteiger partial charge in [-0.15, -0.1) is 0 Å². The molecule has 9 heteroatoms. The molecule has 2 unspecified atom stereocenters. The fraction of sp³-hybridized carbons (Fsp3) is 0.531. The van der Waals surface area contributed by atoms with E-state index >= 15 is 0 Å². The van der Waals surface area contributed by atoms with Crippen LogP contribution in [-0.4, -0.2) is 84.4 Å². The molecule has 3 fully saturated rings. The van der Waals surface area contributed by atoms with E-state index < -0.39 is 0 Å². The number of phenolic OH excluding ortho intramolecular Hbond substituents is 1. The summed E-state index contributed by atoms with van der Waals surface area (Å²) in [5, 5.41) is 10.5. The predicted octanol–water partition coefficient (Wildman–Crippen LogP) is 4.02. The van der Waals surface area contributed by atoms with Crippen molar-refractivity contribution in [1.82, 2.24) is 14.8 Å². The van der Waals surface area contributed by atoms with E-state index in [9.17, 15) is 9.90 Å². The first-order chi connectivity index (χ1) is 19.9. The fourth-order valence-electron chi connectivity index (χ4n) is 6.93. The Morgan fingerprint density at radius 1 is 1.10 bits per heavy atom. The lowest BCUT2D eigenvalue weighted by molar-refractivity contribution is -0.127. The number of amides is 1. The molecule has 3 heterocycles. The second-order valence-corrected chi connectivity index (χ2v) is 11.7. The molecule has 1 aliphatic carbocycles. The van der Waals surface area contributed by atoms with Gasteiger partial charge in [-0.05, 0) is 74.3 Å². The molecule has 2 aliphatic heterocycles. The number of nitrogens with zero attached hydrogens (tertiary/aromatic N) is 2. The third kappa shape index (κ3) is 6.47. The lowest BCUT2D eigenvalue weighted by Crippen LogP contribution is -2.44. The molecule has 9 nitrogen and oxygen atoms in total. The molecule has 0 bridgehead atoms. The topological polar surface area (TPSA) is 130 Å². The summed E-state index contributed by atoms with van der Waals surface area (Å²) in [6, 6.07) is 7.62. The van der Waals surface area contributed by atoms with Crippen LogP contribution < -0.4 is 11.5 Å². The highest BCUT2D eigenvalue weighted by molar-refractivity contribution is 5.87. The highest BCUT2D eigenvalue weighted by Crippen LogP contribution is 2.45. The molecule has 6 N–H and O–H groups in total. The van der Waals surface area contributed by atoms with E-state index in [-0.39, 0.29) is 23.6 Å². The molecule has 0 radical (unpaired) electrons. The number of aromatic amines is 1. The van der Waals surface area contributed by atoms with Crippen LogP contribution >= 0.6 is 0 Å². The average Bonchev–Trinajstić information content (AvgIpc) is 3.15. The molecule has 1 aromatic carbocycles. The Morgan fingerprint density at radius 2 is 1.83 bits per heavy atom. The number of nitrogen functional groups attached to an aromatic ring is 1. The Kier molecular flexibility index (Phi) is 9.37. The molecule has 1 saturated carbocycles. The first-order valence-corrected chi connectivity index (χ1v) is 14.9. The van der Waals surface area contributed by atoms with Gasteiger partial charge in [-0.2, -0.15) is 0 Å². The quantitative estimate of drug-likeness (QED) is 0.374. The molecule has 2 atom stereocenters. The summed E-state index contributed by atoms with van der Waals surface area (Å²) in [5.74, 6) is 1.09. The number of anilines is 1. The smallest absolute Gasteiger partial charge is 0.246 e. The van der Waals surface area contributed by atoms with Crippen molar-refractivity contribution < 1.29 is 19.4 Å². The second kappa shape index (κ2) is 13.1. The molecular weight excluding hydrogens is 518 g/mol. The number of hydrogen-bond acceptors (Lipinski definition) is 7. The number of aromatic nitrogens is 1. The average molecular weight is 564 g/mol. The van der Waals surface area contributed by atoms with Crippen LogP contribution in [-0.2, 0) is 14.3 Å². The number of carbonyl (C=O) groups excluding carboxylic acids is 1. The van der Waals surface area contributed by atoms with Crippen molar-refractivity contribution in [1.29, 1.82) is 0 Å². The van der Waals surface area contributed by atoms with Gasteiger partial charge in [-0.25, -0.2) is 0 Å². The molecular formula is C32H45N5O4. The molecule has 3 aliphatic rings. The summed E-state index contributed by atoms with van der Waals surface area (Å²) in [6.45, 7) is 8.41. The van der Waals surface area contributed by atoms with Crippen LogP contribution in [0.5, 0.6) is 5.75 Å². The number of rotatable bonds is 7. The van der Waals surface area contributed by atoms with E-state index in [1.54, 1.807) is 17.0 Å². The first kappa shape index (κ1) is 29.2. The SMILES string of the molecule is C=CC(=O)N(C)C1COCCC(c2[nH]c(N)c(/C=C(\N)c3ccccc3O)c2C2CCC(N3CCOCC3)CC2)C1. The van der Waals surface area contributed by atoms with Crippen LogP contribution in [0.25, 0.3) is 11.8 Å². The number of nitrogens with one attached hydrogen (secondary N) is 1. The second-order valence-electron chi connectivity index (χ2n) is 11.7. The normalized spacial score (nSPS) is 26.3. The van der Waals surface area contributed by atoms with Crippen LogP contribution in [0, 0.1) is 0 Å². The van der Waals surface area contributed by atoms with Crippen molar-refractivity contribution in [3.63, 3.8) is 0 Å². The van der Waals surface area contributed by atoms with Gasteiger partial charge in [0.2, 0.25) is 5.91 Å². The number of likely N-dealkylation sites (N-methyl/N-ethyl adjacent to an activating group) is 1. The van der Waals surface area contributed by atoms with Crippen LogP contribution in [0.15, 0.2) is 36.9 Å². The number of morpholine rings is 1. The maximum atomic E-state index is 12.5. The number of para-hydroxylation sites is 1. The summed E-state index contributed by atoms with van der Waals surface area (Å²) in [5.41, 5.74) is 17.6. The Hall–Kier alpha value is -3.27. The number of hydrogen-bond donors (Lipinski definition) is 4. The fourth-order valence-corrected chi connectivity index (χ4v) is 6.93. The number of phenols is 1. The monoisotopic (exact) mass is 563 g/mol. The zero-order valence-corrected chi connectivity index (χ0v) is 24.2. The summed E-state index contributed by atoms with van der Waals surface area (Å²) in [4.78, 5) is 20.3. The van der Waals surface area contributed by atoms with Gasteiger partial charge in [-0.3, -0.25) is 9.69 Å². The molecule has 2 saturated heterocycles. The van der Waals surface area contributed by atoms with E-state index in [0.717, 1.165) is 76.1 Å². The van der Waals surface area contributed by atoms with Crippen LogP contribution in [0.1, 0.15) is 72.7 Å². The summed E-state index contributed by atoms with van der Waals surface area (Å²) >= 11 is 0. The number of carbonyl (C=O) groups is 1. The maximum Gasteiger partial charge on any atom is 0.246 e. The number of aromatic hydroxyl groups is 1. The largest absolute Gasteiger partial charge is 0.507 e. The van der Waals surface area contributed by atoms with Gasteiger partial charge in [-0.1, -0.05) is 18.7 Å². The zero-order valence-electron chi connectivity index (χ0n) is 24.2. The van der Waals surface area contributed by atoms with Crippen molar-refractivity contribution in [3.05, 3.63) is 59.3 Å². The van der Waals surface area contributed by atoms with E-state index in [1.165, 1.54) is 11.6 Å². The number of nitrogens with two attached hydrogens (primary N) is 2. The molecule has 1 aromatic heterocycles. The lowest BCUT2D eigenvalue weighted by Gasteiger charge is -2.39. The minimum Gasteiger partial charge on any atom is -0.507 e. The van der Waals surface area contributed by atoms with Crippen LogP contribution in [0.2, 0.25) is 0 Å². The minimum absolute atomic E-state index is 0.0623. The van der Waals surface area contributed by atoms with Gasteiger partial charge in [0.1, 0.15) is 11.6 Å². The molecule has 0 spiro atoms. The van der Waals surface area contributed by atoms with Gasteiger partial charge < -0.3 is 35.9 Å². The van der Waals surface area contributed by atoms with Crippen molar-refractivity contribution >= 4 is 23.5 Å². The Labute approximate surface area is 243 Å². The van der Waals surface area contributed by atoms with Gasteiger partial charge in [0.05, 0.1) is 25.9 Å². The third-order valence-electron chi connectivity index (χ3n) is 9.28. The van der Waals surface area contributed by atoms with Crippen LogP contribution in [0.3, 0.4) is 0 Å².